The predicted octanol–water partition coefficient (Wildman–Crippen LogP) is 6.75. The van der Waals surface area contributed by atoms with E-state index in [1.807, 2.05) is 60.7 Å². The minimum Gasteiger partial charge on any atom is -0.319 e. The number of Topliss-reactive ketones (excluding diaryl/α,β-unsaturated/α-hetero) is 1. The lowest BCUT2D eigenvalue weighted by Gasteiger charge is -2.20. The number of fused-ring (bicyclic) bond motifs is 1. The van der Waals surface area contributed by atoms with Crippen LogP contribution in [0, 0.1) is 0 Å². The summed E-state index contributed by atoms with van der Waals surface area (Å²) in [6.45, 7) is 0.202. The molecule has 5 rings (SSSR count). The summed E-state index contributed by atoms with van der Waals surface area (Å²) in [5.41, 5.74) is 4.72. The highest BCUT2D eigenvalue weighted by atomic mass is 35.5. The van der Waals surface area contributed by atoms with Crippen LogP contribution in [0.4, 0.5) is 0 Å². The SMILES string of the molecule is O=C(Cn1c(C(c2ccccc2)c2ccccc2)nc2ccccc21)c1ccc(Cl)cc1. The first kappa shape index (κ1) is 20.2. The molecule has 0 radical (unpaired) electrons. The average molecular weight is 437 g/mol. The van der Waals surface area contributed by atoms with Crippen molar-refractivity contribution in [3.63, 3.8) is 0 Å². The van der Waals surface area contributed by atoms with Gasteiger partial charge in [0, 0.05) is 10.6 Å². The summed E-state index contributed by atoms with van der Waals surface area (Å²) in [6.07, 6.45) is 0. The van der Waals surface area contributed by atoms with E-state index >= 15 is 0 Å². The van der Waals surface area contributed by atoms with Gasteiger partial charge in [-0.05, 0) is 47.5 Å². The summed E-state index contributed by atoms with van der Waals surface area (Å²) in [6, 6.07) is 35.7. The zero-order chi connectivity index (χ0) is 21.9. The molecule has 0 spiro atoms. The molecule has 3 nitrogen and oxygen atoms in total. The summed E-state index contributed by atoms with van der Waals surface area (Å²) < 4.78 is 2.05. The first-order chi connectivity index (χ1) is 15.7. The number of carbonyl (C=O) groups is 1. The third-order valence-electron chi connectivity index (χ3n) is 5.68. The molecule has 0 aliphatic carbocycles. The number of para-hydroxylation sites is 2. The van der Waals surface area contributed by atoms with Gasteiger partial charge in [-0.2, -0.15) is 0 Å². The Bertz CT molecular complexity index is 1320. The third kappa shape index (κ3) is 3.95. The van der Waals surface area contributed by atoms with Gasteiger partial charge in [-0.25, -0.2) is 4.98 Å². The number of hydrogen-bond donors (Lipinski definition) is 0. The number of aromatic nitrogens is 2. The van der Waals surface area contributed by atoms with Gasteiger partial charge in [-0.3, -0.25) is 4.79 Å². The molecule has 0 aliphatic heterocycles. The summed E-state index contributed by atoms with van der Waals surface area (Å²) >= 11 is 6.01. The Morgan fingerprint density at radius 2 is 1.31 bits per heavy atom. The predicted molar refractivity (Wildman–Crippen MR) is 129 cm³/mol. The van der Waals surface area contributed by atoms with E-state index in [9.17, 15) is 4.79 Å². The van der Waals surface area contributed by atoms with Crippen LogP contribution in [0.25, 0.3) is 11.0 Å². The molecule has 4 heteroatoms. The number of nitrogens with zero attached hydrogens (tertiary/aromatic N) is 2. The zero-order valence-electron chi connectivity index (χ0n) is 17.4. The molecule has 0 unspecified atom stereocenters. The minimum absolute atomic E-state index is 0.0194. The van der Waals surface area contributed by atoms with E-state index in [4.69, 9.17) is 16.6 Å². The molecule has 0 fully saturated rings. The number of rotatable bonds is 6. The molecule has 32 heavy (non-hydrogen) atoms. The van der Waals surface area contributed by atoms with Crippen LogP contribution in [0.1, 0.15) is 33.2 Å². The van der Waals surface area contributed by atoms with Gasteiger partial charge in [0.2, 0.25) is 0 Å². The highest BCUT2D eigenvalue weighted by Gasteiger charge is 2.25. The van der Waals surface area contributed by atoms with Gasteiger partial charge in [0.1, 0.15) is 5.82 Å². The molecule has 0 N–H and O–H groups in total. The Labute approximate surface area is 191 Å². The van der Waals surface area contributed by atoms with Crippen molar-refractivity contribution in [2.75, 3.05) is 0 Å². The molecule has 1 heterocycles. The van der Waals surface area contributed by atoms with E-state index in [1.165, 1.54) is 0 Å². The molecule has 5 aromatic rings. The molecular weight excluding hydrogens is 416 g/mol. The lowest BCUT2D eigenvalue weighted by Crippen LogP contribution is -2.17. The first-order valence-electron chi connectivity index (χ1n) is 10.5. The Balaban J connectivity index is 1.67. The van der Waals surface area contributed by atoms with E-state index in [0.29, 0.717) is 10.6 Å². The van der Waals surface area contributed by atoms with Crippen LogP contribution in [0.15, 0.2) is 109 Å². The molecule has 0 bridgehead atoms. The molecule has 0 aliphatic rings. The lowest BCUT2D eigenvalue weighted by atomic mass is 9.90. The maximum absolute atomic E-state index is 13.2. The van der Waals surface area contributed by atoms with E-state index in [0.717, 1.165) is 28.0 Å². The molecular formula is C28H21ClN2O. The standard InChI is InChI=1S/C28H21ClN2O/c29-23-17-15-20(16-18-23)26(32)19-31-25-14-8-7-13-24(25)30-28(31)27(21-9-3-1-4-10-21)22-11-5-2-6-12-22/h1-18,27H,19H2. The van der Waals surface area contributed by atoms with Crippen LogP contribution < -0.4 is 0 Å². The number of halogens is 1. The quantitative estimate of drug-likeness (QED) is 0.276. The largest absolute Gasteiger partial charge is 0.319 e. The van der Waals surface area contributed by atoms with Gasteiger partial charge < -0.3 is 4.57 Å². The van der Waals surface area contributed by atoms with Crippen LogP contribution in [-0.4, -0.2) is 15.3 Å². The van der Waals surface area contributed by atoms with Crippen molar-refractivity contribution in [3.8, 4) is 0 Å². The maximum atomic E-state index is 13.2. The number of benzene rings is 4. The van der Waals surface area contributed by atoms with E-state index < -0.39 is 0 Å². The van der Waals surface area contributed by atoms with Gasteiger partial charge in [-0.1, -0.05) is 84.4 Å². The fourth-order valence-electron chi connectivity index (χ4n) is 4.13. The number of carbonyl (C=O) groups excluding carboxylic acids is 1. The van der Waals surface area contributed by atoms with E-state index in [2.05, 4.69) is 28.8 Å². The lowest BCUT2D eigenvalue weighted by molar-refractivity contribution is 0.0972. The summed E-state index contributed by atoms with van der Waals surface area (Å²) in [5, 5.41) is 0.614. The molecule has 0 atom stereocenters. The zero-order valence-corrected chi connectivity index (χ0v) is 18.1. The maximum Gasteiger partial charge on any atom is 0.182 e. The Morgan fingerprint density at radius 1 is 0.750 bits per heavy atom. The molecule has 1 aromatic heterocycles. The van der Waals surface area contributed by atoms with Crippen LogP contribution in [0.2, 0.25) is 5.02 Å². The normalized spacial score (nSPS) is 11.2. The Kier molecular flexibility index (Phi) is 5.57. The fourth-order valence-corrected chi connectivity index (χ4v) is 4.26. The van der Waals surface area contributed by atoms with Gasteiger partial charge in [-0.15, -0.1) is 0 Å². The van der Waals surface area contributed by atoms with Crippen molar-refractivity contribution >= 4 is 28.4 Å². The van der Waals surface area contributed by atoms with Crippen LogP contribution in [0.5, 0.6) is 0 Å². The number of hydrogen-bond acceptors (Lipinski definition) is 2. The van der Waals surface area contributed by atoms with Crippen LogP contribution in [0.3, 0.4) is 0 Å². The Hall–Kier alpha value is -3.69. The number of ketones is 1. The van der Waals surface area contributed by atoms with E-state index in [-0.39, 0.29) is 18.2 Å². The summed E-state index contributed by atoms with van der Waals surface area (Å²) in [5.74, 6) is 0.777. The average Bonchev–Trinajstić information content (AvgIpc) is 3.19. The second-order valence-electron chi connectivity index (χ2n) is 7.73. The summed E-state index contributed by atoms with van der Waals surface area (Å²) in [7, 11) is 0. The first-order valence-corrected chi connectivity index (χ1v) is 10.9. The topological polar surface area (TPSA) is 34.9 Å². The van der Waals surface area contributed by atoms with E-state index in [1.54, 1.807) is 24.3 Å². The molecule has 0 saturated carbocycles. The van der Waals surface area contributed by atoms with Crippen LogP contribution >= 0.6 is 11.6 Å². The molecule has 0 amide bonds. The van der Waals surface area contributed by atoms with Gasteiger partial charge in [0.25, 0.3) is 0 Å². The van der Waals surface area contributed by atoms with Gasteiger partial charge in [0.05, 0.1) is 23.5 Å². The van der Waals surface area contributed by atoms with Gasteiger partial charge >= 0.3 is 0 Å². The van der Waals surface area contributed by atoms with Crippen molar-refractivity contribution < 1.29 is 4.79 Å². The van der Waals surface area contributed by atoms with Crippen LogP contribution in [-0.2, 0) is 6.54 Å². The highest BCUT2D eigenvalue weighted by Crippen LogP contribution is 2.33. The third-order valence-corrected chi connectivity index (χ3v) is 5.93. The Morgan fingerprint density at radius 3 is 1.94 bits per heavy atom. The van der Waals surface area contributed by atoms with Crippen molar-refractivity contribution in [2.24, 2.45) is 0 Å². The minimum atomic E-state index is -0.0946. The second-order valence-corrected chi connectivity index (χ2v) is 8.17. The number of imidazole rings is 1. The monoisotopic (exact) mass is 436 g/mol. The molecule has 4 aromatic carbocycles. The van der Waals surface area contributed by atoms with Crippen molar-refractivity contribution in [3.05, 3.63) is 137 Å². The molecule has 156 valence electrons. The van der Waals surface area contributed by atoms with Gasteiger partial charge in [0.15, 0.2) is 5.78 Å². The highest BCUT2D eigenvalue weighted by molar-refractivity contribution is 6.30. The smallest absolute Gasteiger partial charge is 0.182 e. The van der Waals surface area contributed by atoms with Crippen molar-refractivity contribution in [1.29, 1.82) is 0 Å². The van der Waals surface area contributed by atoms with Crippen molar-refractivity contribution in [2.45, 2.75) is 12.5 Å². The fraction of sp³-hybridized carbons (Fsp3) is 0.0714. The summed E-state index contributed by atoms with van der Waals surface area (Å²) in [4.78, 5) is 18.2. The second kappa shape index (κ2) is 8.81. The molecule has 0 saturated heterocycles. The van der Waals surface area contributed by atoms with Crippen molar-refractivity contribution in [1.82, 2.24) is 9.55 Å².